The number of ether oxygens (including phenoxy) is 1. The van der Waals surface area contributed by atoms with Crippen LogP contribution in [0.2, 0.25) is 0 Å². The third kappa shape index (κ3) is 4.35. The van der Waals surface area contributed by atoms with Crippen LogP contribution in [0.4, 0.5) is 0 Å². The molecule has 0 saturated heterocycles. The van der Waals surface area contributed by atoms with Gasteiger partial charge >= 0.3 is 5.97 Å². The van der Waals surface area contributed by atoms with E-state index in [9.17, 15) is 14.4 Å². The van der Waals surface area contributed by atoms with E-state index < -0.39 is 12.1 Å². The highest BCUT2D eigenvalue weighted by Gasteiger charge is 2.26. The number of nitrogens with zero attached hydrogens (tertiary/aromatic N) is 2. The Hall–Kier alpha value is -1.92. The SMILES string of the molecule is CC(C)NC(=O)C(C)OC(=O)C1=NN(C)C(=O)CC1. The van der Waals surface area contributed by atoms with Crippen LogP contribution in [0.25, 0.3) is 0 Å². The number of amides is 2. The van der Waals surface area contributed by atoms with Crippen molar-refractivity contribution in [3.63, 3.8) is 0 Å². The van der Waals surface area contributed by atoms with Crippen LogP contribution in [0.5, 0.6) is 0 Å². The fourth-order valence-electron chi connectivity index (χ4n) is 1.50. The molecule has 1 aliphatic rings. The van der Waals surface area contributed by atoms with Gasteiger partial charge < -0.3 is 10.1 Å². The number of hydrazone groups is 1. The number of nitrogens with one attached hydrogen (secondary N) is 1. The first kappa shape index (κ1) is 15.1. The predicted molar refractivity (Wildman–Crippen MR) is 68.3 cm³/mol. The standard InChI is InChI=1S/C12H19N3O4/c1-7(2)13-11(17)8(3)19-12(18)9-5-6-10(16)15(4)14-9/h7-8H,5-6H2,1-4H3,(H,13,17). The average molecular weight is 269 g/mol. The van der Waals surface area contributed by atoms with Crippen LogP contribution in [-0.2, 0) is 19.1 Å². The number of rotatable bonds is 4. The average Bonchev–Trinajstić information content (AvgIpc) is 2.31. The Morgan fingerprint density at radius 2 is 1.95 bits per heavy atom. The van der Waals surface area contributed by atoms with E-state index in [1.807, 2.05) is 13.8 Å². The van der Waals surface area contributed by atoms with Gasteiger partial charge in [0.2, 0.25) is 5.91 Å². The first-order valence-electron chi connectivity index (χ1n) is 6.16. The van der Waals surface area contributed by atoms with E-state index in [-0.39, 0.29) is 36.4 Å². The van der Waals surface area contributed by atoms with Crippen molar-refractivity contribution < 1.29 is 19.1 Å². The second-order valence-corrected chi connectivity index (χ2v) is 4.67. The quantitative estimate of drug-likeness (QED) is 0.730. The van der Waals surface area contributed by atoms with E-state index >= 15 is 0 Å². The topological polar surface area (TPSA) is 88.1 Å². The van der Waals surface area contributed by atoms with Gasteiger partial charge in [-0.3, -0.25) is 9.59 Å². The third-order valence-electron chi connectivity index (χ3n) is 2.53. The summed E-state index contributed by atoms with van der Waals surface area (Å²) in [6.45, 7) is 5.13. The first-order chi connectivity index (χ1) is 8.81. The van der Waals surface area contributed by atoms with Gasteiger partial charge in [0, 0.05) is 25.9 Å². The van der Waals surface area contributed by atoms with Crippen LogP contribution in [0.15, 0.2) is 5.10 Å². The first-order valence-corrected chi connectivity index (χ1v) is 6.16. The number of hydrogen-bond acceptors (Lipinski definition) is 5. The molecule has 1 N–H and O–H groups in total. The zero-order chi connectivity index (χ0) is 14.6. The molecule has 0 radical (unpaired) electrons. The van der Waals surface area contributed by atoms with E-state index in [2.05, 4.69) is 10.4 Å². The molecule has 106 valence electrons. The summed E-state index contributed by atoms with van der Waals surface area (Å²) in [6, 6.07) is -0.0237. The molecule has 0 aromatic heterocycles. The normalized spacial score (nSPS) is 17.0. The molecule has 19 heavy (non-hydrogen) atoms. The molecule has 0 aromatic carbocycles. The van der Waals surface area contributed by atoms with Gasteiger partial charge in [0.15, 0.2) is 6.10 Å². The molecule has 1 atom stereocenters. The Balaban J connectivity index is 2.58. The zero-order valence-corrected chi connectivity index (χ0v) is 11.6. The van der Waals surface area contributed by atoms with Gasteiger partial charge in [-0.05, 0) is 20.8 Å². The van der Waals surface area contributed by atoms with Crippen molar-refractivity contribution in [1.29, 1.82) is 0 Å². The minimum atomic E-state index is -0.888. The second-order valence-electron chi connectivity index (χ2n) is 4.67. The maximum atomic E-state index is 11.8. The highest BCUT2D eigenvalue weighted by molar-refractivity contribution is 6.37. The fraction of sp³-hybridized carbons (Fsp3) is 0.667. The van der Waals surface area contributed by atoms with E-state index in [0.717, 1.165) is 5.01 Å². The Labute approximate surface area is 112 Å². The molecule has 0 bridgehead atoms. The number of esters is 1. The second kappa shape index (κ2) is 6.31. The highest BCUT2D eigenvalue weighted by atomic mass is 16.5. The van der Waals surface area contributed by atoms with Gasteiger partial charge in [-0.2, -0.15) is 5.10 Å². The third-order valence-corrected chi connectivity index (χ3v) is 2.53. The predicted octanol–water partition coefficient (Wildman–Crippen LogP) is 0.0509. The van der Waals surface area contributed by atoms with Crippen molar-refractivity contribution in [2.45, 2.75) is 45.8 Å². The molecule has 0 saturated carbocycles. The van der Waals surface area contributed by atoms with Crippen molar-refractivity contribution in [2.24, 2.45) is 5.10 Å². The zero-order valence-electron chi connectivity index (χ0n) is 11.6. The lowest BCUT2D eigenvalue weighted by atomic mass is 10.2. The Morgan fingerprint density at radius 1 is 1.32 bits per heavy atom. The summed E-state index contributed by atoms with van der Waals surface area (Å²) in [5.74, 6) is -1.17. The molecule has 0 fully saturated rings. The summed E-state index contributed by atoms with van der Waals surface area (Å²) < 4.78 is 5.02. The van der Waals surface area contributed by atoms with E-state index in [0.29, 0.717) is 0 Å². The molecule has 1 aliphatic heterocycles. The van der Waals surface area contributed by atoms with Crippen LogP contribution in [0.1, 0.15) is 33.6 Å². The maximum Gasteiger partial charge on any atom is 0.355 e. The van der Waals surface area contributed by atoms with E-state index in [1.54, 1.807) is 0 Å². The van der Waals surface area contributed by atoms with E-state index in [1.165, 1.54) is 14.0 Å². The largest absolute Gasteiger partial charge is 0.448 e. The van der Waals surface area contributed by atoms with Gasteiger partial charge in [0.1, 0.15) is 5.71 Å². The van der Waals surface area contributed by atoms with Gasteiger partial charge in [-0.25, -0.2) is 9.80 Å². The lowest BCUT2D eigenvalue weighted by molar-refractivity contribution is -0.149. The summed E-state index contributed by atoms with van der Waals surface area (Å²) in [4.78, 5) is 34.6. The van der Waals surface area contributed by atoms with Crippen molar-refractivity contribution in [2.75, 3.05) is 7.05 Å². The summed E-state index contributed by atoms with van der Waals surface area (Å²) in [5, 5.41) is 7.59. The van der Waals surface area contributed by atoms with Gasteiger partial charge in [-0.1, -0.05) is 0 Å². The number of carbonyl (C=O) groups excluding carboxylic acids is 3. The molecular formula is C12H19N3O4. The molecule has 7 heteroatoms. The Morgan fingerprint density at radius 3 is 2.47 bits per heavy atom. The van der Waals surface area contributed by atoms with Crippen molar-refractivity contribution in [3.8, 4) is 0 Å². The molecule has 0 aromatic rings. The number of hydrogen-bond donors (Lipinski definition) is 1. The Kier molecular flexibility index (Phi) is 5.02. The van der Waals surface area contributed by atoms with Crippen LogP contribution >= 0.6 is 0 Å². The van der Waals surface area contributed by atoms with Crippen molar-refractivity contribution in [3.05, 3.63) is 0 Å². The number of carbonyl (C=O) groups is 3. The fourth-order valence-corrected chi connectivity index (χ4v) is 1.50. The molecule has 2 amide bonds. The van der Waals surface area contributed by atoms with Crippen LogP contribution in [-0.4, -0.2) is 47.7 Å². The van der Waals surface area contributed by atoms with Gasteiger partial charge in [0.05, 0.1) is 0 Å². The monoisotopic (exact) mass is 269 g/mol. The van der Waals surface area contributed by atoms with E-state index in [4.69, 9.17) is 4.74 Å². The summed E-state index contributed by atoms with van der Waals surface area (Å²) >= 11 is 0. The maximum absolute atomic E-state index is 11.8. The lowest BCUT2D eigenvalue weighted by Crippen LogP contribution is -2.41. The lowest BCUT2D eigenvalue weighted by Gasteiger charge is -2.20. The minimum Gasteiger partial charge on any atom is -0.448 e. The molecule has 1 unspecified atom stereocenters. The Bertz CT molecular complexity index is 417. The highest BCUT2D eigenvalue weighted by Crippen LogP contribution is 2.09. The van der Waals surface area contributed by atoms with Gasteiger partial charge in [-0.15, -0.1) is 0 Å². The molecule has 0 spiro atoms. The van der Waals surface area contributed by atoms with Crippen molar-refractivity contribution in [1.82, 2.24) is 10.3 Å². The smallest absolute Gasteiger partial charge is 0.355 e. The van der Waals surface area contributed by atoms with Gasteiger partial charge in [0.25, 0.3) is 5.91 Å². The molecular weight excluding hydrogens is 250 g/mol. The molecule has 1 heterocycles. The molecule has 0 aliphatic carbocycles. The summed E-state index contributed by atoms with van der Waals surface area (Å²) in [7, 11) is 1.48. The van der Waals surface area contributed by atoms with Crippen LogP contribution in [0, 0.1) is 0 Å². The summed E-state index contributed by atoms with van der Waals surface area (Å²) in [6.07, 6.45) is -0.433. The molecule has 7 nitrogen and oxygen atoms in total. The van der Waals surface area contributed by atoms with Crippen LogP contribution in [0.3, 0.4) is 0 Å². The minimum absolute atomic E-state index is 0.0237. The van der Waals surface area contributed by atoms with Crippen LogP contribution < -0.4 is 5.32 Å². The van der Waals surface area contributed by atoms with Crippen molar-refractivity contribution >= 4 is 23.5 Å². The summed E-state index contributed by atoms with van der Waals surface area (Å²) in [5.41, 5.74) is 0.159. The molecule has 1 rings (SSSR count).